The van der Waals surface area contributed by atoms with Crippen LogP contribution in [0, 0.1) is 0 Å². The molecule has 0 aliphatic rings. The number of H-pyrrole nitrogens is 1. The predicted octanol–water partition coefficient (Wildman–Crippen LogP) is 0.775. The number of hydrogen-bond acceptors (Lipinski definition) is 2. The summed E-state index contributed by atoms with van der Waals surface area (Å²) in [6.07, 6.45) is 5.07. The van der Waals surface area contributed by atoms with Crippen LogP contribution in [0.1, 0.15) is 0 Å². The maximum atomic E-state index is 11.6. The molecule has 0 fully saturated rings. The molecule has 0 unspecified atom stereocenters. The van der Waals surface area contributed by atoms with Gasteiger partial charge >= 0.3 is 0 Å². The van der Waals surface area contributed by atoms with E-state index in [-0.39, 0.29) is 5.56 Å². The Kier molecular flexibility index (Phi) is 1.73. The number of nitrogens with one attached hydrogen (secondary N) is 1. The highest BCUT2D eigenvalue weighted by molar-refractivity contribution is 5.59. The van der Waals surface area contributed by atoms with E-state index in [0.29, 0.717) is 5.56 Å². The summed E-state index contributed by atoms with van der Waals surface area (Å²) in [4.78, 5) is 11.6. The van der Waals surface area contributed by atoms with Crippen LogP contribution in [0.5, 0.6) is 0 Å². The average molecular weight is 175 g/mol. The minimum atomic E-state index is -0.0103. The van der Waals surface area contributed by atoms with Gasteiger partial charge in [0.1, 0.15) is 0 Å². The largest absolute Gasteiger partial charge is 0.318 e. The Morgan fingerprint density at radius 3 is 3.08 bits per heavy atom. The Bertz CT molecular complexity index is 456. The summed E-state index contributed by atoms with van der Waals surface area (Å²) in [7, 11) is 1.73. The molecule has 0 saturated carbocycles. The Morgan fingerprint density at radius 2 is 2.38 bits per heavy atom. The van der Waals surface area contributed by atoms with Crippen LogP contribution in [-0.2, 0) is 7.05 Å². The van der Waals surface area contributed by atoms with E-state index < -0.39 is 0 Å². The normalized spacial score (nSPS) is 10.2. The lowest BCUT2D eigenvalue weighted by Crippen LogP contribution is -2.16. The number of hydrogen-bond donors (Lipinski definition) is 1. The highest BCUT2D eigenvalue weighted by atomic mass is 16.1. The van der Waals surface area contributed by atoms with Crippen LogP contribution in [-0.4, -0.2) is 14.8 Å². The van der Waals surface area contributed by atoms with E-state index in [1.165, 1.54) is 0 Å². The Hall–Kier alpha value is -1.84. The zero-order valence-corrected chi connectivity index (χ0v) is 7.19. The third kappa shape index (κ3) is 1.26. The van der Waals surface area contributed by atoms with E-state index in [1.54, 1.807) is 36.3 Å². The number of aryl methyl sites for hydroxylation is 1. The van der Waals surface area contributed by atoms with Crippen molar-refractivity contribution in [3.8, 4) is 11.1 Å². The van der Waals surface area contributed by atoms with Gasteiger partial charge in [-0.25, -0.2) is 0 Å². The Balaban J connectivity index is 2.66. The van der Waals surface area contributed by atoms with Crippen molar-refractivity contribution in [3.63, 3.8) is 0 Å². The minimum Gasteiger partial charge on any atom is -0.318 e. The van der Waals surface area contributed by atoms with Gasteiger partial charge in [0, 0.05) is 25.0 Å². The Morgan fingerprint density at radius 1 is 1.54 bits per heavy atom. The fourth-order valence-electron chi connectivity index (χ4n) is 1.22. The van der Waals surface area contributed by atoms with Crippen LogP contribution >= 0.6 is 0 Å². The molecule has 2 aromatic rings. The van der Waals surface area contributed by atoms with E-state index >= 15 is 0 Å². The monoisotopic (exact) mass is 175 g/mol. The smallest absolute Gasteiger partial charge is 0.258 e. The second-order valence-electron chi connectivity index (χ2n) is 2.82. The van der Waals surface area contributed by atoms with Crippen LogP contribution in [0.2, 0.25) is 0 Å². The van der Waals surface area contributed by atoms with Crippen molar-refractivity contribution in [1.82, 2.24) is 14.8 Å². The molecule has 4 heteroatoms. The van der Waals surface area contributed by atoms with Crippen molar-refractivity contribution >= 4 is 0 Å². The van der Waals surface area contributed by atoms with Crippen LogP contribution in [0.3, 0.4) is 0 Å². The van der Waals surface area contributed by atoms with Crippen LogP contribution < -0.4 is 5.56 Å². The maximum Gasteiger partial charge on any atom is 0.258 e. The average Bonchev–Trinajstić information content (AvgIpc) is 2.62. The third-order valence-corrected chi connectivity index (χ3v) is 1.93. The summed E-state index contributed by atoms with van der Waals surface area (Å²) in [5, 5.41) is 6.47. The first kappa shape index (κ1) is 7.79. The van der Waals surface area contributed by atoms with Crippen molar-refractivity contribution in [3.05, 3.63) is 41.1 Å². The molecule has 0 aliphatic carbocycles. The van der Waals surface area contributed by atoms with Crippen molar-refractivity contribution < 1.29 is 0 Å². The second-order valence-corrected chi connectivity index (χ2v) is 2.82. The van der Waals surface area contributed by atoms with Gasteiger partial charge in [0.2, 0.25) is 0 Å². The van der Waals surface area contributed by atoms with E-state index in [9.17, 15) is 4.79 Å². The summed E-state index contributed by atoms with van der Waals surface area (Å²) in [5.41, 5.74) is 1.48. The van der Waals surface area contributed by atoms with E-state index in [2.05, 4.69) is 10.2 Å². The molecule has 2 aromatic heterocycles. The number of rotatable bonds is 1. The number of nitrogens with zero attached hydrogens (tertiary/aromatic N) is 2. The summed E-state index contributed by atoms with van der Waals surface area (Å²) in [6.45, 7) is 0. The second kappa shape index (κ2) is 2.90. The molecular weight excluding hydrogens is 166 g/mol. The zero-order chi connectivity index (χ0) is 9.26. The first-order valence-electron chi connectivity index (χ1n) is 3.94. The molecule has 0 atom stereocenters. The summed E-state index contributed by atoms with van der Waals surface area (Å²) in [6, 6.07) is 3.62. The van der Waals surface area contributed by atoms with Gasteiger partial charge in [0.25, 0.3) is 5.56 Å². The minimum absolute atomic E-state index is 0.0103. The van der Waals surface area contributed by atoms with E-state index in [0.717, 1.165) is 5.56 Å². The molecule has 66 valence electrons. The molecule has 2 heterocycles. The highest BCUT2D eigenvalue weighted by Crippen LogP contribution is 2.11. The predicted molar refractivity (Wildman–Crippen MR) is 49.3 cm³/mol. The van der Waals surface area contributed by atoms with Gasteiger partial charge in [-0.2, -0.15) is 5.10 Å². The van der Waals surface area contributed by atoms with Gasteiger partial charge in [-0.15, -0.1) is 0 Å². The lowest BCUT2D eigenvalue weighted by molar-refractivity contribution is 0.863. The first-order valence-corrected chi connectivity index (χ1v) is 3.94. The number of pyridine rings is 1. The highest BCUT2D eigenvalue weighted by Gasteiger charge is 2.03. The van der Waals surface area contributed by atoms with Crippen molar-refractivity contribution in [2.75, 3.05) is 0 Å². The van der Waals surface area contributed by atoms with Crippen LogP contribution in [0.4, 0.5) is 0 Å². The van der Waals surface area contributed by atoms with Crippen LogP contribution in [0.15, 0.2) is 35.5 Å². The van der Waals surface area contributed by atoms with Crippen molar-refractivity contribution in [2.24, 2.45) is 7.05 Å². The molecule has 1 N–H and O–H groups in total. The van der Waals surface area contributed by atoms with Gasteiger partial charge in [-0.05, 0) is 12.1 Å². The molecule has 0 aliphatic heterocycles. The van der Waals surface area contributed by atoms with Gasteiger partial charge in [-0.3, -0.25) is 9.89 Å². The topological polar surface area (TPSA) is 50.7 Å². The van der Waals surface area contributed by atoms with Gasteiger partial charge < -0.3 is 4.57 Å². The SMILES string of the molecule is Cn1cccc(-c2cn[nH]c2)c1=O. The van der Waals surface area contributed by atoms with E-state index in [1.807, 2.05) is 6.07 Å². The molecule has 0 saturated heterocycles. The molecule has 0 amide bonds. The molecule has 0 radical (unpaired) electrons. The molecule has 0 spiro atoms. The lowest BCUT2D eigenvalue weighted by atomic mass is 10.2. The maximum absolute atomic E-state index is 11.6. The third-order valence-electron chi connectivity index (χ3n) is 1.93. The fraction of sp³-hybridized carbons (Fsp3) is 0.111. The Labute approximate surface area is 74.8 Å². The number of aromatic amines is 1. The number of aromatic nitrogens is 3. The van der Waals surface area contributed by atoms with Crippen LogP contribution in [0.25, 0.3) is 11.1 Å². The zero-order valence-electron chi connectivity index (χ0n) is 7.19. The fourth-order valence-corrected chi connectivity index (χ4v) is 1.22. The van der Waals surface area contributed by atoms with Crippen molar-refractivity contribution in [1.29, 1.82) is 0 Å². The molecule has 0 bridgehead atoms. The molecule has 13 heavy (non-hydrogen) atoms. The summed E-state index contributed by atoms with van der Waals surface area (Å²) >= 11 is 0. The van der Waals surface area contributed by atoms with Gasteiger partial charge in [0.15, 0.2) is 0 Å². The van der Waals surface area contributed by atoms with E-state index in [4.69, 9.17) is 0 Å². The standard InChI is InChI=1S/C9H9N3O/c1-12-4-2-3-8(9(12)13)7-5-10-11-6-7/h2-6H,1H3,(H,10,11). The van der Waals surface area contributed by atoms with Gasteiger partial charge in [-0.1, -0.05) is 0 Å². The van der Waals surface area contributed by atoms with Crippen molar-refractivity contribution in [2.45, 2.75) is 0 Å². The van der Waals surface area contributed by atoms with Gasteiger partial charge in [0.05, 0.1) is 11.8 Å². The summed E-state index contributed by atoms with van der Waals surface area (Å²) < 4.78 is 1.54. The molecule has 2 rings (SSSR count). The quantitative estimate of drug-likeness (QED) is 0.696. The first-order chi connectivity index (χ1) is 6.29. The lowest BCUT2D eigenvalue weighted by Gasteiger charge is -1.99. The molecule has 0 aromatic carbocycles. The summed E-state index contributed by atoms with van der Waals surface area (Å²) in [5.74, 6) is 0. The molecular formula is C9H9N3O. The molecule has 4 nitrogen and oxygen atoms in total.